The predicted molar refractivity (Wildman–Crippen MR) is 39.8 cm³/mol. The fourth-order valence-corrected chi connectivity index (χ4v) is 1.25. The zero-order valence-electron chi connectivity index (χ0n) is 6.57. The fourth-order valence-electron chi connectivity index (χ4n) is 0.861. The molecule has 0 amide bonds. The summed E-state index contributed by atoms with van der Waals surface area (Å²) >= 11 is 0. The van der Waals surface area contributed by atoms with Gasteiger partial charge < -0.3 is 0 Å². The van der Waals surface area contributed by atoms with Gasteiger partial charge in [0.25, 0.3) is 0 Å². The number of hydrogen-bond acceptors (Lipinski definition) is 2. The first-order valence-electron chi connectivity index (χ1n) is 3.35. The van der Waals surface area contributed by atoms with E-state index in [4.69, 9.17) is 4.89 Å². The highest BCUT2D eigenvalue weighted by Crippen LogP contribution is 2.21. The summed E-state index contributed by atoms with van der Waals surface area (Å²) in [6.45, 7) is 5.89. The third-order valence-corrected chi connectivity index (χ3v) is 1.61. The van der Waals surface area contributed by atoms with Crippen molar-refractivity contribution < 1.29 is 14.0 Å². The van der Waals surface area contributed by atoms with E-state index in [2.05, 4.69) is 4.52 Å². The van der Waals surface area contributed by atoms with Crippen LogP contribution >= 0.6 is 8.25 Å². The Hall–Kier alpha value is 0.0200. The van der Waals surface area contributed by atoms with Crippen molar-refractivity contribution in [3.63, 3.8) is 0 Å². The zero-order valence-corrected chi connectivity index (χ0v) is 7.47. The summed E-state index contributed by atoms with van der Waals surface area (Å²) in [7, 11) is -2.42. The summed E-state index contributed by atoms with van der Waals surface area (Å²) < 4.78 is 14.7. The molecule has 1 N–H and O–H groups in total. The molecule has 0 saturated heterocycles. The molecular formula is C6H14O3P. The monoisotopic (exact) mass is 165 g/mol. The summed E-state index contributed by atoms with van der Waals surface area (Å²) in [6.07, 6.45) is 0.704. The van der Waals surface area contributed by atoms with Gasteiger partial charge >= 0.3 is 8.25 Å². The van der Waals surface area contributed by atoms with Crippen LogP contribution < -0.4 is 0 Å². The smallest absolute Gasteiger partial charge is 0.298 e. The van der Waals surface area contributed by atoms with Gasteiger partial charge in [0.15, 0.2) is 0 Å². The second-order valence-electron chi connectivity index (χ2n) is 2.78. The van der Waals surface area contributed by atoms with Crippen molar-refractivity contribution in [1.82, 2.24) is 0 Å². The molecule has 0 fully saturated rings. The first kappa shape index (κ1) is 10.0. The minimum atomic E-state index is -2.42. The van der Waals surface area contributed by atoms with E-state index in [-0.39, 0.29) is 6.10 Å². The molecule has 0 aromatic carbocycles. The van der Waals surface area contributed by atoms with Crippen LogP contribution in [0.15, 0.2) is 0 Å². The molecule has 0 aliphatic rings. The van der Waals surface area contributed by atoms with E-state index in [0.717, 1.165) is 6.42 Å². The molecule has 2 unspecified atom stereocenters. The van der Waals surface area contributed by atoms with Crippen LogP contribution in [0.1, 0.15) is 27.2 Å². The molecule has 0 bridgehead atoms. The quantitative estimate of drug-likeness (QED) is 0.649. The molecule has 0 aromatic heterocycles. The van der Waals surface area contributed by atoms with Gasteiger partial charge in [-0.2, -0.15) is 0 Å². The summed E-state index contributed by atoms with van der Waals surface area (Å²) in [5.74, 6) is 0.505. The standard InChI is InChI=1S/C6H14O3P/c1-5(2)4-6(3)9-10(7)8/h5-6H,4H2,1-3H3,(H,7,8). The van der Waals surface area contributed by atoms with E-state index in [1.165, 1.54) is 0 Å². The summed E-state index contributed by atoms with van der Waals surface area (Å²) in [6, 6.07) is 0. The lowest BCUT2D eigenvalue weighted by molar-refractivity contribution is 0.181. The predicted octanol–water partition coefficient (Wildman–Crippen LogP) is 2.09. The van der Waals surface area contributed by atoms with Gasteiger partial charge in [-0.25, -0.2) is 4.57 Å². The van der Waals surface area contributed by atoms with Crippen molar-refractivity contribution >= 4 is 8.25 Å². The molecule has 0 heterocycles. The molecule has 0 aromatic rings. The highest BCUT2D eigenvalue weighted by Gasteiger charge is 2.07. The lowest BCUT2D eigenvalue weighted by Crippen LogP contribution is -2.06. The molecule has 10 heavy (non-hydrogen) atoms. The Balaban J connectivity index is 3.43. The third-order valence-electron chi connectivity index (χ3n) is 1.07. The first-order chi connectivity index (χ1) is 4.52. The van der Waals surface area contributed by atoms with E-state index in [1.807, 2.05) is 13.8 Å². The van der Waals surface area contributed by atoms with Crippen LogP contribution in [0, 0.1) is 5.92 Å². The normalized spacial score (nSPS) is 15.5. The van der Waals surface area contributed by atoms with Gasteiger partial charge in [-0.15, -0.1) is 0 Å². The molecule has 0 aliphatic carbocycles. The van der Waals surface area contributed by atoms with Gasteiger partial charge in [-0.3, -0.25) is 9.42 Å². The molecule has 2 atom stereocenters. The van der Waals surface area contributed by atoms with Gasteiger partial charge in [0.1, 0.15) is 0 Å². The van der Waals surface area contributed by atoms with E-state index in [1.54, 1.807) is 6.92 Å². The average molecular weight is 165 g/mol. The molecule has 1 radical (unpaired) electrons. The van der Waals surface area contributed by atoms with Crippen LogP contribution in [-0.4, -0.2) is 11.0 Å². The maximum atomic E-state index is 10.1. The Labute approximate surface area is 62.3 Å². The Kier molecular flexibility index (Phi) is 4.79. The summed E-state index contributed by atoms with van der Waals surface area (Å²) in [4.78, 5) is 8.32. The highest BCUT2D eigenvalue weighted by molar-refractivity contribution is 7.32. The largest absolute Gasteiger partial charge is 0.366 e. The SMILES string of the molecule is CC(C)CC(C)O[P](=O)O. The summed E-state index contributed by atoms with van der Waals surface area (Å²) in [5, 5.41) is 0. The van der Waals surface area contributed by atoms with Crippen LogP contribution in [0.25, 0.3) is 0 Å². The molecule has 0 spiro atoms. The van der Waals surface area contributed by atoms with Crippen molar-refractivity contribution in [2.24, 2.45) is 5.92 Å². The van der Waals surface area contributed by atoms with Gasteiger partial charge in [0.05, 0.1) is 6.10 Å². The van der Waals surface area contributed by atoms with Crippen molar-refractivity contribution in [1.29, 1.82) is 0 Å². The van der Waals surface area contributed by atoms with Crippen LogP contribution in [0.2, 0.25) is 0 Å². The fraction of sp³-hybridized carbons (Fsp3) is 1.00. The molecule has 0 aliphatic heterocycles. The van der Waals surface area contributed by atoms with Crippen molar-refractivity contribution in [3.8, 4) is 0 Å². The van der Waals surface area contributed by atoms with Crippen molar-refractivity contribution in [3.05, 3.63) is 0 Å². The summed E-state index contributed by atoms with van der Waals surface area (Å²) in [5.41, 5.74) is 0. The van der Waals surface area contributed by atoms with E-state index in [0.29, 0.717) is 5.92 Å². The molecule has 3 nitrogen and oxygen atoms in total. The van der Waals surface area contributed by atoms with E-state index >= 15 is 0 Å². The third kappa shape index (κ3) is 6.14. The molecule has 0 saturated carbocycles. The lowest BCUT2D eigenvalue weighted by atomic mass is 10.1. The van der Waals surface area contributed by atoms with Crippen LogP contribution in [-0.2, 0) is 9.09 Å². The highest BCUT2D eigenvalue weighted by atomic mass is 31.1. The molecule has 4 heteroatoms. The maximum absolute atomic E-state index is 10.1. The lowest BCUT2D eigenvalue weighted by Gasteiger charge is -2.10. The van der Waals surface area contributed by atoms with Crippen LogP contribution in [0.4, 0.5) is 0 Å². The van der Waals surface area contributed by atoms with Gasteiger partial charge in [0, 0.05) is 0 Å². The second kappa shape index (κ2) is 4.78. The first-order valence-corrected chi connectivity index (χ1v) is 4.48. The van der Waals surface area contributed by atoms with Crippen molar-refractivity contribution in [2.75, 3.05) is 0 Å². The van der Waals surface area contributed by atoms with Crippen LogP contribution in [0.5, 0.6) is 0 Å². The second-order valence-corrected chi connectivity index (χ2v) is 3.47. The Morgan fingerprint density at radius 2 is 2.00 bits per heavy atom. The van der Waals surface area contributed by atoms with Crippen molar-refractivity contribution in [2.45, 2.75) is 33.3 Å². The minimum absolute atomic E-state index is 0.117. The van der Waals surface area contributed by atoms with Crippen LogP contribution in [0.3, 0.4) is 0 Å². The maximum Gasteiger partial charge on any atom is 0.366 e. The van der Waals surface area contributed by atoms with E-state index < -0.39 is 8.25 Å². The molecule has 0 rings (SSSR count). The zero-order chi connectivity index (χ0) is 8.15. The number of hydrogen-bond donors (Lipinski definition) is 1. The molecule has 61 valence electrons. The average Bonchev–Trinajstić information content (AvgIpc) is 1.58. The Morgan fingerprint density at radius 3 is 2.30 bits per heavy atom. The minimum Gasteiger partial charge on any atom is -0.298 e. The van der Waals surface area contributed by atoms with Gasteiger partial charge in [-0.1, -0.05) is 13.8 Å². The Bertz CT molecular complexity index is 114. The van der Waals surface area contributed by atoms with Gasteiger partial charge in [0.2, 0.25) is 0 Å². The van der Waals surface area contributed by atoms with E-state index in [9.17, 15) is 4.57 Å². The Morgan fingerprint density at radius 1 is 1.50 bits per heavy atom. The van der Waals surface area contributed by atoms with Gasteiger partial charge in [-0.05, 0) is 19.3 Å². The number of rotatable bonds is 4. The molecular weight excluding hydrogens is 151 g/mol. The topological polar surface area (TPSA) is 46.5 Å².